The first-order valence-corrected chi connectivity index (χ1v) is 7.52. The maximum atomic E-state index is 12.2. The van der Waals surface area contributed by atoms with Crippen LogP contribution in [-0.4, -0.2) is 5.78 Å². The van der Waals surface area contributed by atoms with E-state index in [2.05, 4.69) is 0 Å². The smallest absolute Gasteiger partial charge is 0.137 e. The molecule has 0 radical (unpaired) electrons. The van der Waals surface area contributed by atoms with Gasteiger partial charge in [0.05, 0.1) is 10.0 Å². The number of Topliss-reactive ketones (excluding diaryl/α,β-unsaturated/α-hetero) is 1. The topological polar surface area (TPSA) is 43.1 Å². The van der Waals surface area contributed by atoms with E-state index in [0.29, 0.717) is 22.9 Å². The molecule has 2 aromatic rings. The molecule has 0 heterocycles. The van der Waals surface area contributed by atoms with Crippen LogP contribution in [0.5, 0.6) is 0 Å². The molecule has 2 aromatic carbocycles. The van der Waals surface area contributed by atoms with Crippen molar-refractivity contribution >= 4 is 34.7 Å². The molecule has 1 unspecified atom stereocenters. The summed E-state index contributed by atoms with van der Waals surface area (Å²) in [6, 6.07) is 12.9. The summed E-state index contributed by atoms with van der Waals surface area (Å²) in [6.45, 7) is 2.04. The van der Waals surface area contributed by atoms with Gasteiger partial charge in [0.25, 0.3) is 0 Å². The molecule has 0 aromatic heterocycles. The molecule has 0 amide bonds. The molecule has 4 heteroatoms. The number of hydrogen-bond donors (Lipinski definition) is 1. The van der Waals surface area contributed by atoms with E-state index >= 15 is 0 Å². The third kappa shape index (κ3) is 4.48. The van der Waals surface area contributed by atoms with Crippen molar-refractivity contribution in [1.29, 1.82) is 0 Å². The first-order chi connectivity index (χ1) is 9.95. The molecule has 0 aliphatic carbocycles. The molecule has 21 heavy (non-hydrogen) atoms. The Morgan fingerprint density at radius 1 is 1.10 bits per heavy atom. The minimum atomic E-state index is 0.167. The lowest BCUT2D eigenvalue weighted by Crippen LogP contribution is -2.07. The lowest BCUT2D eigenvalue weighted by atomic mass is 9.93. The fourth-order valence-electron chi connectivity index (χ4n) is 2.23. The van der Waals surface area contributed by atoms with Gasteiger partial charge < -0.3 is 5.73 Å². The zero-order valence-corrected chi connectivity index (χ0v) is 13.3. The second-order valence-electron chi connectivity index (χ2n) is 5.24. The van der Waals surface area contributed by atoms with Gasteiger partial charge in [-0.25, -0.2) is 0 Å². The van der Waals surface area contributed by atoms with E-state index in [1.165, 1.54) is 0 Å². The van der Waals surface area contributed by atoms with Crippen LogP contribution in [0.2, 0.25) is 10.0 Å². The van der Waals surface area contributed by atoms with Gasteiger partial charge in [-0.1, -0.05) is 48.3 Å². The normalized spacial score (nSPS) is 12.1. The molecule has 1 atom stereocenters. The average Bonchev–Trinajstić information content (AvgIpc) is 2.43. The van der Waals surface area contributed by atoms with Crippen molar-refractivity contribution in [1.82, 2.24) is 0 Å². The number of carbonyl (C=O) groups excluding carboxylic acids is 1. The molecule has 2 rings (SSSR count). The molecule has 110 valence electrons. The predicted octanol–water partition coefficient (Wildman–Crippen LogP) is 4.88. The monoisotopic (exact) mass is 321 g/mol. The summed E-state index contributed by atoms with van der Waals surface area (Å²) in [6.07, 6.45) is 0.861. The molecule has 0 saturated carbocycles. The second kappa shape index (κ2) is 6.97. The third-order valence-corrected chi connectivity index (χ3v) is 4.16. The van der Waals surface area contributed by atoms with Crippen molar-refractivity contribution in [3.05, 3.63) is 63.6 Å². The number of rotatable bonds is 5. The van der Waals surface area contributed by atoms with Gasteiger partial charge in [-0.2, -0.15) is 0 Å². The highest BCUT2D eigenvalue weighted by Crippen LogP contribution is 2.24. The van der Waals surface area contributed by atoms with Crippen molar-refractivity contribution in [2.24, 2.45) is 0 Å². The van der Waals surface area contributed by atoms with E-state index < -0.39 is 0 Å². The van der Waals surface area contributed by atoms with Crippen LogP contribution < -0.4 is 5.73 Å². The molecule has 2 nitrogen and oxygen atoms in total. The Hall–Kier alpha value is -1.51. The SMILES string of the molecule is CC(CC(=O)Cc1ccc(Cl)c(Cl)c1)c1ccc(N)cc1. The van der Waals surface area contributed by atoms with Crippen LogP contribution in [0.3, 0.4) is 0 Å². The highest BCUT2D eigenvalue weighted by molar-refractivity contribution is 6.42. The van der Waals surface area contributed by atoms with Gasteiger partial charge in [0.15, 0.2) is 0 Å². The second-order valence-corrected chi connectivity index (χ2v) is 6.05. The Bertz CT molecular complexity index is 638. The van der Waals surface area contributed by atoms with Crippen LogP contribution in [-0.2, 0) is 11.2 Å². The Balaban J connectivity index is 1.97. The predicted molar refractivity (Wildman–Crippen MR) is 89.1 cm³/mol. The van der Waals surface area contributed by atoms with Gasteiger partial charge in [0, 0.05) is 18.5 Å². The molecule has 0 fully saturated rings. The summed E-state index contributed by atoms with van der Waals surface area (Å²) in [5.41, 5.74) is 8.40. The average molecular weight is 322 g/mol. The lowest BCUT2D eigenvalue weighted by molar-refractivity contribution is -0.118. The molecule has 0 saturated heterocycles. The Morgan fingerprint density at radius 2 is 1.76 bits per heavy atom. The molecular formula is C17H17Cl2NO. The van der Waals surface area contributed by atoms with Gasteiger partial charge in [-0.05, 0) is 41.3 Å². The van der Waals surface area contributed by atoms with Crippen molar-refractivity contribution in [3.8, 4) is 0 Å². The van der Waals surface area contributed by atoms with Gasteiger partial charge >= 0.3 is 0 Å². The standard InChI is InChI=1S/C17H17Cl2NO/c1-11(13-3-5-14(20)6-4-13)8-15(21)9-12-2-7-16(18)17(19)10-12/h2-7,10-11H,8-9,20H2,1H3. The first kappa shape index (κ1) is 15.9. The Labute approximate surface area is 134 Å². The number of halogens is 2. The minimum absolute atomic E-state index is 0.167. The number of nitrogen functional groups attached to an aromatic ring is 1. The van der Waals surface area contributed by atoms with Crippen molar-refractivity contribution in [2.75, 3.05) is 5.73 Å². The molecule has 0 spiro atoms. The lowest BCUT2D eigenvalue weighted by Gasteiger charge is -2.11. The van der Waals surface area contributed by atoms with Crippen LogP contribution in [0.4, 0.5) is 5.69 Å². The summed E-state index contributed by atoms with van der Waals surface area (Å²) in [7, 11) is 0. The summed E-state index contributed by atoms with van der Waals surface area (Å²) >= 11 is 11.8. The van der Waals surface area contributed by atoms with Gasteiger partial charge in [0.2, 0.25) is 0 Å². The molecule has 0 aliphatic rings. The maximum absolute atomic E-state index is 12.2. The van der Waals surface area contributed by atoms with E-state index in [0.717, 1.165) is 16.8 Å². The molecular weight excluding hydrogens is 305 g/mol. The fraction of sp³-hybridized carbons (Fsp3) is 0.235. The Kier molecular flexibility index (Phi) is 5.27. The highest BCUT2D eigenvalue weighted by atomic mass is 35.5. The van der Waals surface area contributed by atoms with E-state index in [1.54, 1.807) is 12.1 Å². The maximum Gasteiger partial charge on any atom is 0.137 e. The van der Waals surface area contributed by atoms with Crippen LogP contribution >= 0.6 is 23.2 Å². The van der Waals surface area contributed by atoms with Crippen molar-refractivity contribution in [3.63, 3.8) is 0 Å². The number of anilines is 1. The quantitative estimate of drug-likeness (QED) is 0.797. The van der Waals surface area contributed by atoms with Crippen LogP contribution in [0.1, 0.15) is 30.4 Å². The van der Waals surface area contributed by atoms with E-state index in [1.807, 2.05) is 37.3 Å². The zero-order valence-electron chi connectivity index (χ0n) is 11.8. The Morgan fingerprint density at radius 3 is 2.38 bits per heavy atom. The van der Waals surface area contributed by atoms with E-state index in [4.69, 9.17) is 28.9 Å². The minimum Gasteiger partial charge on any atom is -0.399 e. The van der Waals surface area contributed by atoms with Crippen LogP contribution in [0.25, 0.3) is 0 Å². The molecule has 2 N–H and O–H groups in total. The number of carbonyl (C=O) groups is 1. The van der Waals surface area contributed by atoms with E-state index in [-0.39, 0.29) is 11.7 Å². The van der Waals surface area contributed by atoms with Gasteiger partial charge in [-0.15, -0.1) is 0 Å². The van der Waals surface area contributed by atoms with Gasteiger partial charge in [-0.3, -0.25) is 4.79 Å². The number of nitrogens with two attached hydrogens (primary N) is 1. The summed E-state index contributed by atoms with van der Waals surface area (Å²) in [4.78, 5) is 12.2. The summed E-state index contributed by atoms with van der Waals surface area (Å²) < 4.78 is 0. The first-order valence-electron chi connectivity index (χ1n) is 6.77. The fourth-order valence-corrected chi connectivity index (χ4v) is 2.55. The summed E-state index contributed by atoms with van der Waals surface area (Å²) in [5.74, 6) is 0.346. The van der Waals surface area contributed by atoms with Gasteiger partial charge in [0.1, 0.15) is 5.78 Å². The molecule has 0 aliphatic heterocycles. The highest BCUT2D eigenvalue weighted by Gasteiger charge is 2.12. The molecule has 0 bridgehead atoms. The largest absolute Gasteiger partial charge is 0.399 e. The van der Waals surface area contributed by atoms with E-state index in [9.17, 15) is 4.79 Å². The number of ketones is 1. The van der Waals surface area contributed by atoms with Crippen LogP contribution in [0.15, 0.2) is 42.5 Å². The zero-order chi connectivity index (χ0) is 15.4. The van der Waals surface area contributed by atoms with Crippen molar-refractivity contribution in [2.45, 2.75) is 25.7 Å². The third-order valence-electron chi connectivity index (χ3n) is 3.42. The van der Waals surface area contributed by atoms with Crippen LogP contribution in [0, 0.1) is 0 Å². The van der Waals surface area contributed by atoms with Crippen molar-refractivity contribution < 1.29 is 4.79 Å². The number of benzene rings is 2. The number of hydrogen-bond acceptors (Lipinski definition) is 2. The summed E-state index contributed by atoms with van der Waals surface area (Å²) in [5, 5.41) is 0.983.